The highest BCUT2D eigenvalue weighted by atomic mass is 16.5. The molecule has 2 aliphatic carbocycles. The van der Waals surface area contributed by atoms with Crippen molar-refractivity contribution in [3.05, 3.63) is 24.4 Å². The maximum Gasteiger partial charge on any atom is 0.306 e. The van der Waals surface area contributed by atoms with Crippen molar-refractivity contribution in [2.24, 2.45) is 23.7 Å². The van der Waals surface area contributed by atoms with Gasteiger partial charge in [0.25, 0.3) is 0 Å². The molecule has 2 amide bonds. The Balaban J connectivity index is 1.22. The average Bonchev–Trinajstić information content (AvgIpc) is 3.55. The summed E-state index contributed by atoms with van der Waals surface area (Å²) in [5.74, 6) is 1.14. The van der Waals surface area contributed by atoms with Crippen molar-refractivity contribution in [3.8, 4) is 0 Å². The summed E-state index contributed by atoms with van der Waals surface area (Å²) in [4.78, 5) is 49.5. The van der Waals surface area contributed by atoms with E-state index in [4.69, 9.17) is 4.74 Å². The number of carbonyl (C=O) groups excluding carboxylic acids is 3. The van der Waals surface area contributed by atoms with Gasteiger partial charge in [0, 0.05) is 45.3 Å². The van der Waals surface area contributed by atoms with Gasteiger partial charge in [0.05, 0.1) is 18.4 Å². The van der Waals surface area contributed by atoms with Crippen LogP contribution >= 0.6 is 0 Å². The lowest BCUT2D eigenvalue weighted by Crippen LogP contribution is -2.51. The second-order valence-corrected chi connectivity index (χ2v) is 10.7. The molecule has 0 radical (unpaired) electrons. The molecule has 0 aromatic carbocycles. The molecule has 35 heavy (non-hydrogen) atoms. The Hall–Kier alpha value is -2.48. The second-order valence-electron chi connectivity index (χ2n) is 10.7. The maximum absolute atomic E-state index is 13.2. The third kappa shape index (κ3) is 5.08. The molecule has 190 valence electrons. The summed E-state index contributed by atoms with van der Waals surface area (Å²) in [6, 6.07) is 5.93. The first-order valence-electron chi connectivity index (χ1n) is 13.5. The van der Waals surface area contributed by atoms with Crippen molar-refractivity contribution in [1.29, 1.82) is 0 Å². The first kappa shape index (κ1) is 24.2. The number of esters is 1. The van der Waals surface area contributed by atoms with Gasteiger partial charge in [-0.05, 0) is 49.7 Å². The molecule has 3 heterocycles. The van der Waals surface area contributed by atoms with Gasteiger partial charge in [-0.2, -0.15) is 0 Å². The van der Waals surface area contributed by atoms with Crippen LogP contribution in [0.3, 0.4) is 0 Å². The second kappa shape index (κ2) is 10.6. The van der Waals surface area contributed by atoms with Crippen LogP contribution in [0.4, 0.5) is 5.82 Å². The molecule has 2 saturated carbocycles. The number of piperazine rings is 1. The number of fused-ring (bicyclic) bond motifs is 5. The minimum atomic E-state index is -0.491. The Morgan fingerprint density at radius 1 is 1.03 bits per heavy atom. The fourth-order valence-corrected chi connectivity index (χ4v) is 6.74. The van der Waals surface area contributed by atoms with E-state index in [1.807, 2.05) is 18.2 Å². The van der Waals surface area contributed by atoms with E-state index < -0.39 is 6.10 Å². The molecule has 1 aromatic heterocycles. The van der Waals surface area contributed by atoms with E-state index >= 15 is 0 Å². The van der Waals surface area contributed by atoms with Crippen molar-refractivity contribution in [3.63, 3.8) is 0 Å². The number of aromatic nitrogens is 1. The van der Waals surface area contributed by atoms with Crippen LogP contribution in [0.1, 0.15) is 51.9 Å². The van der Waals surface area contributed by atoms with Gasteiger partial charge < -0.3 is 9.64 Å². The quantitative estimate of drug-likeness (QED) is 0.288. The summed E-state index contributed by atoms with van der Waals surface area (Å²) >= 11 is 0. The largest absolute Gasteiger partial charge is 0.459 e. The van der Waals surface area contributed by atoms with Crippen molar-refractivity contribution >= 4 is 23.6 Å². The number of likely N-dealkylation sites (tertiary alicyclic amines) is 1. The van der Waals surface area contributed by atoms with Crippen molar-refractivity contribution in [2.45, 2.75) is 58.0 Å². The number of rotatable bonds is 10. The summed E-state index contributed by atoms with van der Waals surface area (Å²) < 4.78 is 5.91. The Bertz CT molecular complexity index is 889. The molecule has 8 nitrogen and oxygen atoms in total. The monoisotopic (exact) mass is 482 g/mol. The van der Waals surface area contributed by atoms with Crippen LogP contribution in [0.2, 0.25) is 0 Å². The topological polar surface area (TPSA) is 83.1 Å². The molecule has 5 atom stereocenters. The first-order valence-corrected chi connectivity index (χ1v) is 13.5. The third-order valence-corrected chi connectivity index (χ3v) is 8.49. The zero-order valence-corrected chi connectivity index (χ0v) is 20.8. The van der Waals surface area contributed by atoms with Crippen LogP contribution < -0.4 is 4.90 Å². The van der Waals surface area contributed by atoms with Crippen molar-refractivity contribution in [2.75, 3.05) is 44.2 Å². The van der Waals surface area contributed by atoms with Crippen molar-refractivity contribution in [1.82, 2.24) is 14.8 Å². The van der Waals surface area contributed by atoms with Crippen LogP contribution in [-0.2, 0) is 19.1 Å². The van der Waals surface area contributed by atoms with Gasteiger partial charge in [0.1, 0.15) is 11.9 Å². The van der Waals surface area contributed by atoms with Crippen LogP contribution in [0.15, 0.2) is 24.4 Å². The summed E-state index contributed by atoms with van der Waals surface area (Å²) in [5, 5.41) is 0. The molecule has 8 heteroatoms. The van der Waals surface area contributed by atoms with Gasteiger partial charge in [-0.1, -0.05) is 25.8 Å². The van der Waals surface area contributed by atoms with Gasteiger partial charge in [0.15, 0.2) is 0 Å². The van der Waals surface area contributed by atoms with E-state index in [0.717, 1.165) is 70.5 Å². The predicted molar refractivity (Wildman–Crippen MR) is 131 cm³/mol. The Morgan fingerprint density at radius 2 is 1.74 bits per heavy atom. The summed E-state index contributed by atoms with van der Waals surface area (Å²) in [7, 11) is 0. The SMILES string of the molecule is CCCCCC(=O)OC(CN1CCN(c2ccccn2)CC1)CN1C(=O)C2C3CC[C@@H](C3)[C@@H]2C1=O. The number of ether oxygens (including phenoxy) is 1. The fraction of sp³-hybridized carbons (Fsp3) is 0.704. The molecule has 2 aliphatic heterocycles. The minimum Gasteiger partial charge on any atom is -0.459 e. The smallest absolute Gasteiger partial charge is 0.306 e. The maximum atomic E-state index is 13.2. The van der Waals surface area contributed by atoms with Gasteiger partial charge >= 0.3 is 5.97 Å². The highest BCUT2D eigenvalue weighted by Gasteiger charge is 2.61. The molecule has 2 saturated heterocycles. The number of hydrogen-bond acceptors (Lipinski definition) is 7. The zero-order valence-electron chi connectivity index (χ0n) is 20.8. The summed E-state index contributed by atoms with van der Waals surface area (Å²) in [6.07, 6.45) is 7.69. The molecule has 0 N–H and O–H groups in total. The number of carbonyl (C=O) groups is 3. The Kier molecular flexibility index (Phi) is 7.37. The van der Waals surface area contributed by atoms with Gasteiger partial charge in [-0.25, -0.2) is 4.98 Å². The van der Waals surface area contributed by atoms with Gasteiger partial charge in [0.2, 0.25) is 11.8 Å². The molecule has 4 aliphatic rings. The minimum absolute atomic E-state index is 0.0285. The number of hydrogen-bond donors (Lipinski definition) is 0. The van der Waals surface area contributed by atoms with Crippen LogP contribution in [-0.4, -0.2) is 77.9 Å². The summed E-state index contributed by atoms with van der Waals surface area (Å²) in [6.45, 7) is 6.13. The van der Waals surface area contributed by atoms with Crippen LogP contribution in [0.5, 0.6) is 0 Å². The van der Waals surface area contributed by atoms with Gasteiger partial charge in [-0.3, -0.25) is 24.2 Å². The molecule has 4 fully saturated rings. The van der Waals surface area contributed by atoms with Crippen LogP contribution in [0.25, 0.3) is 0 Å². The third-order valence-electron chi connectivity index (χ3n) is 8.49. The molecule has 3 unspecified atom stereocenters. The van der Waals surface area contributed by atoms with E-state index in [2.05, 4.69) is 21.7 Å². The zero-order chi connectivity index (χ0) is 24.4. The number of amides is 2. The van der Waals surface area contributed by atoms with Crippen LogP contribution in [0, 0.1) is 23.7 Å². The van der Waals surface area contributed by atoms with E-state index in [-0.39, 0.29) is 36.2 Å². The number of anilines is 1. The van der Waals surface area contributed by atoms with E-state index in [1.54, 1.807) is 6.20 Å². The summed E-state index contributed by atoms with van der Waals surface area (Å²) in [5.41, 5.74) is 0. The number of imide groups is 1. The van der Waals surface area contributed by atoms with E-state index in [0.29, 0.717) is 24.8 Å². The Morgan fingerprint density at radius 3 is 2.37 bits per heavy atom. The van der Waals surface area contributed by atoms with Crippen molar-refractivity contribution < 1.29 is 19.1 Å². The van der Waals surface area contributed by atoms with E-state index in [9.17, 15) is 14.4 Å². The lowest BCUT2D eigenvalue weighted by atomic mass is 9.81. The lowest BCUT2D eigenvalue weighted by molar-refractivity contribution is -0.155. The normalized spacial score (nSPS) is 29.1. The first-order chi connectivity index (χ1) is 17.0. The number of pyridine rings is 1. The molecule has 0 spiro atoms. The molecular weight excluding hydrogens is 444 g/mol. The standard InChI is InChI=1S/C27H38N4O4/c1-2-3-4-8-23(32)35-21(17-29-12-14-30(15-13-29)22-7-5-6-11-28-22)18-31-26(33)24-19-9-10-20(16-19)25(24)27(31)34/h5-7,11,19-21,24-25H,2-4,8-10,12-18H2,1H3/t19-,20?,21?,24-,25?/m0/s1. The predicted octanol–water partition coefficient (Wildman–Crippen LogP) is 2.73. The fourth-order valence-electron chi connectivity index (χ4n) is 6.74. The van der Waals surface area contributed by atoms with Gasteiger partial charge in [-0.15, -0.1) is 0 Å². The number of unbranched alkanes of at least 4 members (excludes halogenated alkanes) is 2. The number of nitrogens with zero attached hydrogens (tertiary/aromatic N) is 4. The molecular formula is C27H38N4O4. The highest BCUT2D eigenvalue weighted by Crippen LogP contribution is 2.56. The molecule has 2 bridgehead atoms. The lowest BCUT2D eigenvalue weighted by Gasteiger charge is -2.37. The Labute approximate surface area is 208 Å². The highest BCUT2D eigenvalue weighted by molar-refractivity contribution is 6.06. The molecule has 5 rings (SSSR count). The van der Waals surface area contributed by atoms with E-state index in [1.165, 1.54) is 4.90 Å². The molecule has 1 aromatic rings. The average molecular weight is 483 g/mol.